The van der Waals surface area contributed by atoms with Crippen LogP contribution in [0.2, 0.25) is 0 Å². The first-order valence-electron chi connectivity index (χ1n) is 7.61. The predicted octanol–water partition coefficient (Wildman–Crippen LogP) is 1.61. The fourth-order valence-electron chi connectivity index (χ4n) is 2.64. The molecular formula is C15H23FN2O4S. The topological polar surface area (TPSA) is 67.9 Å². The number of ether oxygens (including phenoxy) is 2. The first kappa shape index (κ1) is 18.0. The molecule has 0 amide bonds. The molecule has 2 rings (SSSR count). The van der Waals surface area contributed by atoms with Crippen molar-refractivity contribution in [3.8, 4) is 11.5 Å². The fraction of sp³-hybridized carbons (Fsp3) is 0.600. The van der Waals surface area contributed by atoms with Gasteiger partial charge < -0.3 is 14.4 Å². The van der Waals surface area contributed by atoms with E-state index in [1.54, 1.807) is 0 Å². The van der Waals surface area contributed by atoms with Crippen molar-refractivity contribution in [1.82, 2.24) is 9.62 Å². The summed E-state index contributed by atoms with van der Waals surface area (Å²) >= 11 is 0. The second-order valence-electron chi connectivity index (χ2n) is 5.44. The molecule has 0 aliphatic carbocycles. The first-order chi connectivity index (χ1) is 11.0. The summed E-state index contributed by atoms with van der Waals surface area (Å²) in [4.78, 5) is 1.77. The maximum Gasteiger partial charge on any atom is 0.243 e. The van der Waals surface area contributed by atoms with Crippen LogP contribution in [0.25, 0.3) is 0 Å². The van der Waals surface area contributed by atoms with E-state index in [2.05, 4.69) is 9.62 Å². The lowest BCUT2D eigenvalue weighted by molar-refractivity contribution is 0.232. The Bertz CT molecular complexity index is 631. The highest BCUT2D eigenvalue weighted by Crippen LogP contribution is 2.31. The second kappa shape index (κ2) is 7.94. The van der Waals surface area contributed by atoms with Gasteiger partial charge >= 0.3 is 0 Å². The highest BCUT2D eigenvalue weighted by atomic mass is 32.2. The number of nitrogens with one attached hydrogen (secondary N) is 1. The number of methoxy groups -OCH3 is 2. The molecule has 1 aliphatic rings. The summed E-state index contributed by atoms with van der Waals surface area (Å²) in [6, 6.07) is 2.15. The van der Waals surface area contributed by atoms with Crippen molar-refractivity contribution in [2.24, 2.45) is 0 Å². The Balaban J connectivity index is 2.06. The van der Waals surface area contributed by atoms with Crippen molar-refractivity contribution >= 4 is 10.0 Å². The maximum absolute atomic E-state index is 14.1. The summed E-state index contributed by atoms with van der Waals surface area (Å²) in [6.07, 6.45) is 3.49. The van der Waals surface area contributed by atoms with Crippen molar-refractivity contribution in [3.63, 3.8) is 0 Å². The zero-order valence-corrected chi connectivity index (χ0v) is 14.3. The van der Waals surface area contributed by atoms with E-state index in [4.69, 9.17) is 9.47 Å². The lowest BCUT2D eigenvalue weighted by Crippen LogP contribution is -2.37. The maximum atomic E-state index is 14.1. The molecule has 1 heterocycles. The van der Waals surface area contributed by atoms with Crippen molar-refractivity contribution in [2.45, 2.75) is 24.2 Å². The van der Waals surface area contributed by atoms with Crippen LogP contribution in [-0.2, 0) is 10.0 Å². The van der Waals surface area contributed by atoms with Gasteiger partial charge in [0.2, 0.25) is 10.0 Å². The van der Waals surface area contributed by atoms with Crippen LogP contribution in [-0.4, -0.2) is 53.7 Å². The molecule has 0 saturated carbocycles. The van der Waals surface area contributed by atoms with E-state index in [1.807, 2.05) is 0 Å². The van der Waals surface area contributed by atoms with Crippen LogP contribution < -0.4 is 14.2 Å². The zero-order valence-electron chi connectivity index (χ0n) is 13.5. The molecule has 6 nitrogen and oxygen atoms in total. The average molecular weight is 346 g/mol. The zero-order chi connectivity index (χ0) is 16.9. The lowest BCUT2D eigenvalue weighted by Gasteiger charge is -2.26. The Morgan fingerprint density at radius 2 is 1.74 bits per heavy atom. The van der Waals surface area contributed by atoms with E-state index >= 15 is 0 Å². The van der Waals surface area contributed by atoms with Crippen molar-refractivity contribution < 1.29 is 22.3 Å². The van der Waals surface area contributed by atoms with Gasteiger partial charge in [-0.1, -0.05) is 6.42 Å². The molecule has 0 aromatic heterocycles. The molecule has 0 unspecified atom stereocenters. The summed E-state index contributed by atoms with van der Waals surface area (Å²) in [6.45, 7) is 2.82. The number of hydrogen-bond acceptors (Lipinski definition) is 5. The Kier molecular flexibility index (Phi) is 6.20. The van der Waals surface area contributed by atoms with Crippen LogP contribution in [0.15, 0.2) is 17.0 Å². The second-order valence-corrected chi connectivity index (χ2v) is 7.17. The van der Waals surface area contributed by atoms with Gasteiger partial charge in [-0.05, 0) is 25.9 Å². The third kappa shape index (κ3) is 4.55. The molecular weight excluding hydrogens is 323 g/mol. The minimum absolute atomic E-state index is 0.150. The molecule has 8 heteroatoms. The van der Waals surface area contributed by atoms with Crippen LogP contribution in [0.1, 0.15) is 19.3 Å². The van der Waals surface area contributed by atoms with E-state index < -0.39 is 20.7 Å². The number of likely N-dealkylation sites (tertiary alicyclic amines) is 1. The van der Waals surface area contributed by atoms with Crippen molar-refractivity contribution in [1.29, 1.82) is 0 Å². The van der Waals surface area contributed by atoms with Crippen LogP contribution in [0.3, 0.4) is 0 Å². The number of hydrogen-bond donors (Lipinski definition) is 1. The normalized spacial score (nSPS) is 16.3. The van der Waals surface area contributed by atoms with E-state index in [0.29, 0.717) is 6.54 Å². The molecule has 1 saturated heterocycles. The van der Waals surface area contributed by atoms with Crippen LogP contribution in [0, 0.1) is 5.82 Å². The minimum Gasteiger partial charge on any atom is -0.493 e. The van der Waals surface area contributed by atoms with Gasteiger partial charge in [-0.3, -0.25) is 0 Å². The number of rotatable bonds is 7. The minimum atomic E-state index is -3.94. The standard InChI is InChI=1S/C15H23FN2O4S/c1-21-13-10-12(16)15(11-14(13)22-2)23(19,20)17-6-9-18-7-4-3-5-8-18/h10-11,17H,3-9H2,1-2H3. The van der Waals surface area contributed by atoms with Gasteiger partial charge in [0.25, 0.3) is 0 Å². The summed E-state index contributed by atoms with van der Waals surface area (Å²) in [7, 11) is -1.20. The summed E-state index contributed by atoms with van der Waals surface area (Å²) in [5.74, 6) is -0.546. The van der Waals surface area contributed by atoms with E-state index in [-0.39, 0.29) is 18.0 Å². The molecule has 0 atom stereocenters. The number of nitrogens with zero attached hydrogens (tertiary/aromatic N) is 1. The molecule has 1 aromatic rings. The fourth-order valence-corrected chi connectivity index (χ4v) is 3.73. The van der Waals surface area contributed by atoms with Gasteiger partial charge in [0.1, 0.15) is 10.7 Å². The van der Waals surface area contributed by atoms with Gasteiger partial charge in [0.05, 0.1) is 14.2 Å². The molecule has 1 aliphatic heterocycles. The summed E-state index contributed by atoms with van der Waals surface area (Å²) in [5.41, 5.74) is 0. The molecule has 130 valence electrons. The van der Waals surface area contributed by atoms with Gasteiger partial charge in [0.15, 0.2) is 11.5 Å². The monoisotopic (exact) mass is 346 g/mol. The number of piperidine rings is 1. The number of halogens is 1. The predicted molar refractivity (Wildman–Crippen MR) is 85.0 cm³/mol. The molecule has 1 N–H and O–H groups in total. The summed E-state index contributed by atoms with van der Waals surface area (Å²) < 4.78 is 51.1. The van der Waals surface area contributed by atoms with Gasteiger partial charge in [-0.15, -0.1) is 0 Å². The van der Waals surface area contributed by atoms with Gasteiger partial charge in [-0.2, -0.15) is 0 Å². The highest BCUT2D eigenvalue weighted by Gasteiger charge is 2.22. The van der Waals surface area contributed by atoms with Crippen LogP contribution in [0.4, 0.5) is 4.39 Å². The SMILES string of the molecule is COc1cc(F)c(S(=O)(=O)NCCN2CCCCC2)cc1OC. The van der Waals surface area contributed by atoms with E-state index in [1.165, 1.54) is 20.6 Å². The van der Waals surface area contributed by atoms with Crippen LogP contribution >= 0.6 is 0 Å². The molecule has 0 radical (unpaired) electrons. The highest BCUT2D eigenvalue weighted by molar-refractivity contribution is 7.89. The van der Waals surface area contributed by atoms with Gasteiger partial charge in [0, 0.05) is 25.2 Å². The van der Waals surface area contributed by atoms with Crippen molar-refractivity contribution in [3.05, 3.63) is 17.9 Å². The molecule has 23 heavy (non-hydrogen) atoms. The van der Waals surface area contributed by atoms with Crippen LogP contribution in [0.5, 0.6) is 11.5 Å². The van der Waals surface area contributed by atoms with Crippen molar-refractivity contribution in [2.75, 3.05) is 40.4 Å². The number of benzene rings is 1. The van der Waals surface area contributed by atoms with E-state index in [9.17, 15) is 12.8 Å². The molecule has 1 aromatic carbocycles. The Morgan fingerprint density at radius 1 is 1.13 bits per heavy atom. The quantitative estimate of drug-likeness (QED) is 0.812. The number of sulfonamides is 1. The third-order valence-electron chi connectivity index (χ3n) is 3.90. The lowest BCUT2D eigenvalue weighted by atomic mass is 10.1. The largest absolute Gasteiger partial charge is 0.493 e. The Labute approximate surface area is 136 Å². The molecule has 0 bridgehead atoms. The van der Waals surface area contributed by atoms with Gasteiger partial charge in [-0.25, -0.2) is 17.5 Å². The van der Waals surface area contributed by atoms with E-state index in [0.717, 1.165) is 38.1 Å². The summed E-state index contributed by atoms with van der Waals surface area (Å²) in [5, 5.41) is 0. The Hall–Kier alpha value is -1.38. The molecule has 0 spiro atoms. The third-order valence-corrected chi connectivity index (χ3v) is 5.37. The first-order valence-corrected chi connectivity index (χ1v) is 9.10. The average Bonchev–Trinajstić information content (AvgIpc) is 2.55. The molecule has 1 fully saturated rings. The Morgan fingerprint density at radius 3 is 2.35 bits per heavy atom. The smallest absolute Gasteiger partial charge is 0.243 e.